The first-order chi connectivity index (χ1) is 10.5. The topological polar surface area (TPSA) is 50.8 Å². The van der Waals surface area contributed by atoms with Gasteiger partial charge in [-0.3, -0.25) is 4.99 Å². The molecule has 2 aliphatic rings. The molecule has 2 N–H and O–H groups in total. The van der Waals surface area contributed by atoms with Crippen LogP contribution in [0.25, 0.3) is 0 Å². The Balaban J connectivity index is 1.70. The summed E-state index contributed by atoms with van der Waals surface area (Å²) in [5, 5.41) is 0.478. The number of rotatable bonds is 3. The number of benzene rings is 1. The van der Waals surface area contributed by atoms with Gasteiger partial charge in [-0.2, -0.15) is 0 Å². The Hall–Kier alpha value is -1.33. The molecule has 3 rings (SSSR count). The molecule has 1 saturated carbocycles. The lowest BCUT2D eigenvalue weighted by molar-refractivity contribution is 0.00528. The third-order valence-corrected chi connectivity index (χ3v) is 4.78. The Kier molecular flexibility index (Phi) is 4.28. The summed E-state index contributed by atoms with van der Waals surface area (Å²) >= 11 is 6.19. The number of hydrogen-bond acceptors (Lipinski definition) is 2. The first-order valence-corrected chi connectivity index (χ1v) is 8.00. The van der Waals surface area contributed by atoms with Gasteiger partial charge >= 0.3 is 0 Å². The van der Waals surface area contributed by atoms with Crippen molar-refractivity contribution in [2.45, 2.75) is 31.3 Å². The first kappa shape index (κ1) is 15.6. The van der Waals surface area contributed by atoms with E-state index in [1.165, 1.54) is 12.1 Å². The standard InChI is InChI=1S/C16H21ClFN3O/c1-11-9-21(6-7-22-11)15(19)20-10-16(4-5-16)13-3-2-12(18)8-14(13)17/h2-3,8,11H,4-7,9-10H2,1H3,(H2,19,20). The molecule has 6 heteroatoms. The van der Waals surface area contributed by atoms with E-state index >= 15 is 0 Å². The van der Waals surface area contributed by atoms with Crippen LogP contribution in [0.1, 0.15) is 25.3 Å². The van der Waals surface area contributed by atoms with E-state index in [9.17, 15) is 4.39 Å². The number of nitrogens with two attached hydrogens (primary N) is 1. The van der Waals surface area contributed by atoms with Crippen LogP contribution in [0.5, 0.6) is 0 Å². The number of aliphatic imine (C=N–C) groups is 1. The van der Waals surface area contributed by atoms with Crippen LogP contribution in [0.15, 0.2) is 23.2 Å². The van der Waals surface area contributed by atoms with Crippen molar-refractivity contribution < 1.29 is 9.13 Å². The summed E-state index contributed by atoms with van der Waals surface area (Å²) in [7, 11) is 0. The fraction of sp³-hybridized carbons (Fsp3) is 0.562. The molecule has 0 spiro atoms. The smallest absolute Gasteiger partial charge is 0.191 e. The molecule has 0 aromatic heterocycles. The van der Waals surface area contributed by atoms with Gasteiger partial charge in [0, 0.05) is 23.5 Å². The zero-order valence-corrected chi connectivity index (χ0v) is 13.4. The lowest BCUT2D eigenvalue weighted by Crippen LogP contribution is -2.48. The first-order valence-electron chi connectivity index (χ1n) is 7.62. The highest BCUT2D eigenvalue weighted by atomic mass is 35.5. The van der Waals surface area contributed by atoms with Gasteiger partial charge in [0.2, 0.25) is 0 Å². The molecule has 1 atom stereocenters. The summed E-state index contributed by atoms with van der Waals surface area (Å²) in [5.41, 5.74) is 7.01. The molecule has 22 heavy (non-hydrogen) atoms. The molecule has 0 amide bonds. The second-order valence-electron chi connectivity index (χ2n) is 6.21. The third-order valence-electron chi connectivity index (χ3n) is 4.46. The van der Waals surface area contributed by atoms with Crippen molar-refractivity contribution in [3.05, 3.63) is 34.6 Å². The zero-order chi connectivity index (χ0) is 15.7. The minimum atomic E-state index is -0.310. The molecular weight excluding hydrogens is 305 g/mol. The largest absolute Gasteiger partial charge is 0.375 e. The lowest BCUT2D eigenvalue weighted by atomic mass is 9.96. The monoisotopic (exact) mass is 325 g/mol. The second kappa shape index (κ2) is 6.05. The predicted molar refractivity (Wildman–Crippen MR) is 85.8 cm³/mol. The van der Waals surface area contributed by atoms with Gasteiger partial charge in [-0.05, 0) is 37.5 Å². The summed E-state index contributed by atoms with van der Waals surface area (Å²) in [6.45, 7) is 4.83. The zero-order valence-electron chi connectivity index (χ0n) is 12.7. The predicted octanol–water partition coefficient (Wildman–Crippen LogP) is 2.55. The Bertz CT molecular complexity index is 589. The molecule has 0 radical (unpaired) electrons. The van der Waals surface area contributed by atoms with Gasteiger partial charge in [0.1, 0.15) is 5.82 Å². The van der Waals surface area contributed by atoms with Crippen LogP contribution in [0, 0.1) is 5.82 Å². The summed E-state index contributed by atoms with van der Waals surface area (Å²) in [4.78, 5) is 6.62. The number of morpholine rings is 1. The molecule has 1 aromatic rings. The number of ether oxygens (including phenoxy) is 1. The highest BCUT2D eigenvalue weighted by Gasteiger charge is 2.45. The van der Waals surface area contributed by atoms with Crippen LogP contribution < -0.4 is 5.73 Å². The molecule has 2 fully saturated rings. The number of guanidine groups is 1. The number of hydrogen-bond donors (Lipinski definition) is 1. The van der Waals surface area contributed by atoms with E-state index in [1.54, 1.807) is 6.07 Å². The van der Waals surface area contributed by atoms with Crippen LogP contribution in [0.4, 0.5) is 4.39 Å². The van der Waals surface area contributed by atoms with Crippen molar-refractivity contribution in [3.8, 4) is 0 Å². The molecule has 1 heterocycles. The maximum Gasteiger partial charge on any atom is 0.191 e. The average molecular weight is 326 g/mol. The van der Waals surface area contributed by atoms with Gasteiger partial charge < -0.3 is 15.4 Å². The average Bonchev–Trinajstić information content (AvgIpc) is 3.25. The molecule has 1 aromatic carbocycles. The van der Waals surface area contributed by atoms with Crippen LogP contribution in [0.2, 0.25) is 5.02 Å². The SMILES string of the molecule is CC1CN(C(N)=NCC2(c3ccc(F)cc3Cl)CC2)CCO1. The van der Waals surface area contributed by atoms with E-state index in [-0.39, 0.29) is 17.3 Å². The van der Waals surface area contributed by atoms with Gasteiger partial charge in [-0.25, -0.2) is 4.39 Å². The van der Waals surface area contributed by atoms with Crippen molar-refractivity contribution in [1.82, 2.24) is 4.90 Å². The summed E-state index contributed by atoms with van der Waals surface area (Å²) in [6, 6.07) is 4.60. The molecule has 1 aliphatic heterocycles. The van der Waals surface area contributed by atoms with E-state index in [2.05, 4.69) is 9.89 Å². The van der Waals surface area contributed by atoms with Gasteiger partial charge in [0.25, 0.3) is 0 Å². The van der Waals surface area contributed by atoms with Crippen LogP contribution in [-0.2, 0) is 10.2 Å². The number of halogens is 2. The Morgan fingerprint density at radius 2 is 2.32 bits per heavy atom. The Morgan fingerprint density at radius 1 is 1.55 bits per heavy atom. The normalized spacial score (nSPS) is 24.4. The molecule has 120 valence electrons. The number of nitrogens with zero attached hydrogens (tertiary/aromatic N) is 2. The van der Waals surface area contributed by atoms with Crippen LogP contribution in [0.3, 0.4) is 0 Å². The fourth-order valence-corrected chi connectivity index (χ4v) is 3.31. The van der Waals surface area contributed by atoms with Crippen molar-refractivity contribution in [3.63, 3.8) is 0 Å². The Morgan fingerprint density at radius 3 is 2.95 bits per heavy atom. The van der Waals surface area contributed by atoms with Gasteiger partial charge in [-0.15, -0.1) is 0 Å². The lowest BCUT2D eigenvalue weighted by Gasteiger charge is -2.32. The molecule has 1 saturated heterocycles. The van der Waals surface area contributed by atoms with E-state index in [1.807, 2.05) is 6.92 Å². The van der Waals surface area contributed by atoms with Crippen molar-refractivity contribution >= 4 is 17.6 Å². The van der Waals surface area contributed by atoms with E-state index < -0.39 is 0 Å². The van der Waals surface area contributed by atoms with E-state index in [4.69, 9.17) is 22.1 Å². The summed E-state index contributed by atoms with van der Waals surface area (Å²) < 4.78 is 18.7. The van der Waals surface area contributed by atoms with Gasteiger partial charge in [-0.1, -0.05) is 17.7 Å². The van der Waals surface area contributed by atoms with Gasteiger partial charge in [0.15, 0.2) is 5.96 Å². The molecule has 4 nitrogen and oxygen atoms in total. The van der Waals surface area contributed by atoms with E-state index in [0.29, 0.717) is 24.1 Å². The highest BCUT2D eigenvalue weighted by Crippen LogP contribution is 2.50. The third kappa shape index (κ3) is 3.20. The minimum absolute atomic E-state index is 0.0761. The maximum atomic E-state index is 13.2. The highest BCUT2D eigenvalue weighted by molar-refractivity contribution is 6.31. The summed E-state index contributed by atoms with van der Waals surface area (Å²) in [6.07, 6.45) is 2.19. The Labute approximate surface area is 135 Å². The van der Waals surface area contributed by atoms with E-state index in [0.717, 1.165) is 31.5 Å². The van der Waals surface area contributed by atoms with Crippen molar-refractivity contribution in [1.29, 1.82) is 0 Å². The molecular formula is C16H21ClFN3O. The fourth-order valence-electron chi connectivity index (χ4n) is 2.94. The van der Waals surface area contributed by atoms with Crippen LogP contribution >= 0.6 is 11.6 Å². The van der Waals surface area contributed by atoms with Crippen molar-refractivity contribution in [2.24, 2.45) is 10.7 Å². The second-order valence-corrected chi connectivity index (χ2v) is 6.61. The van der Waals surface area contributed by atoms with Gasteiger partial charge in [0.05, 0.1) is 19.3 Å². The molecule has 1 unspecified atom stereocenters. The summed E-state index contributed by atoms with van der Waals surface area (Å²) in [5.74, 6) is 0.245. The minimum Gasteiger partial charge on any atom is -0.375 e. The van der Waals surface area contributed by atoms with Crippen molar-refractivity contribution in [2.75, 3.05) is 26.2 Å². The molecule has 1 aliphatic carbocycles. The maximum absolute atomic E-state index is 13.2. The molecule has 0 bridgehead atoms. The van der Waals surface area contributed by atoms with Crippen LogP contribution in [-0.4, -0.2) is 43.2 Å². The quantitative estimate of drug-likeness (QED) is 0.686.